The van der Waals surface area contributed by atoms with Crippen LogP contribution in [0.25, 0.3) is 0 Å². The summed E-state index contributed by atoms with van der Waals surface area (Å²) in [5, 5.41) is 6.51. The van der Waals surface area contributed by atoms with Crippen molar-refractivity contribution in [3.8, 4) is 0 Å². The summed E-state index contributed by atoms with van der Waals surface area (Å²) < 4.78 is 0. The quantitative estimate of drug-likeness (QED) is 0.819. The first kappa shape index (κ1) is 16.6. The Balaban J connectivity index is 1.78. The number of carbonyl (C=O) groups excluding carboxylic acids is 1. The molecule has 4 heteroatoms. The molecule has 0 aromatic heterocycles. The van der Waals surface area contributed by atoms with Gasteiger partial charge in [0.2, 0.25) is 0 Å². The van der Waals surface area contributed by atoms with Gasteiger partial charge < -0.3 is 15.5 Å². The third-order valence-corrected chi connectivity index (χ3v) is 5.17. The van der Waals surface area contributed by atoms with Crippen LogP contribution < -0.4 is 10.6 Å². The number of likely N-dealkylation sites (N-methyl/N-ethyl adjacent to an activating group) is 1. The molecular weight excluding hydrogens is 262 g/mol. The average molecular weight is 295 g/mol. The zero-order chi connectivity index (χ0) is 15.1. The van der Waals surface area contributed by atoms with E-state index in [0.29, 0.717) is 0 Å². The van der Waals surface area contributed by atoms with Crippen molar-refractivity contribution in [2.24, 2.45) is 11.8 Å². The molecule has 2 N–H and O–H groups in total. The van der Waals surface area contributed by atoms with E-state index in [1.807, 2.05) is 11.9 Å². The zero-order valence-corrected chi connectivity index (χ0v) is 13.9. The van der Waals surface area contributed by atoms with Crippen LogP contribution in [0.15, 0.2) is 0 Å². The van der Waals surface area contributed by atoms with Crippen LogP contribution in [0.5, 0.6) is 0 Å². The van der Waals surface area contributed by atoms with Gasteiger partial charge in [0.1, 0.15) is 0 Å². The highest BCUT2D eigenvalue weighted by atomic mass is 16.2. The Morgan fingerprint density at radius 1 is 1.14 bits per heavy atom. The first-order chi connectivity index (χ1) is 10.2. The van der Waals surface area contributed by atoms with E-state index in [-0.39, 0.29) is 12.1 Å². The van der Waals surface area contributed by atoms with Crippen LogP contribution in [0.2, 0.25) is 0 Å². The summed E-state index contributed by atoms with van der Waals surface area (Å²) in [6.07, 6.45) is 10.1. The number of urea groups is 1. The predicted molar refractivity (Wildman–Crippen MR) is 87.4 cm³/mol. The minimum atomic E-state index is 0.152. The van der Waals surface area contributed by atoms with E-state index in [2.05, 4.69) is 17.6 Å². The number of nitrogens with one attached hydrogen (secondary N) is 2. The largest absolute Gasteiger partial charge is 0.334 e. The number of rotatable bonds is 5. The van der Waals surface area contributed by atoms with Gasteiger partial charge in [-0.1, -0.05) is 32.6 Å². The van der Waals surface area contributed by atoms with Gasteiger partial charge in [0.05, 0.1) is 0 Å². The smallest absolute Gasteiger partial charge is 0.317 e. The molecule has 21 heavy (non-hydrogen) atoms. The number of nitrogens with zero attached hydrogens (tertiary/aromatic N) is 1. The Morgan fingerprint density at radius 3 is 2.43 bits per heavy atom. The third-order valence-electron chi connectivity index (χ3n) is 5.17. The highest BCUT2D eigenvalue weighted by Gasteiger charge is 2.24. The van der Waals surface area contributed by atoms with Gasteiger partial charge >= 0.3 is 6.03 Å². The molecular formula is C17H33N3O. The van der Waals surface area contributed by atoms with Crippen LogP contribution in [0, 0.1) is 11.8 Å². The topological polar surface area (TPSA) is 44.4 Å². The summed E-state index contributed by atoms with van der Waals surface area (Å²) in [6.45, 7) is 5.10. The molecule has 2 aliphatic rings. The van der Waals surface area contributed by atoms with Gasteiger partial charge in [-0.2, -0.15) is 0 Å². The summed E-state index contributed by atoms with van der Waals surface area (Å²) in [5.74, 6) is 1.69. The summed E-state index contributed by atoms with van der Waals surface area (Å²) in [4.78, 5) is 14.4. The maximum Gasteiger partial charge on any atom is 0.317 e. The van der Waals surface area contributed by atoms with Crippen molar-refractivity contribution in [2.75, 3.05) is 26.7 Å². The molecule has 0 aromatic rings. The van der Waals surface area contributed by atoms with Gasteiger partial charge in [-0.3, -0.25) is 0 Å². The molecule has 2 rings (SSSR count). The molecule has 1 aliphatic heterocycles. The lowest BCUT2D eigenvalue weighted by Gasteiger charge is -2.32. The van der Waals surface area contributed by atoms with Crippen LogP contribution >= 0.6 is 0 Å². The molecule has 2 fully saturated rings. The molecule has 0 bridgehead atoms. The average Bonchev–Trinajstić information content (AvgIpc) is 2.50. The second-order valence-electron chi connectivity index (χ2n) is 7.11. The van der Waals surface area contributed by atoms with Crippen molar-refractivity contribution in [2.45, 2.75) is 64.3 Å². The molecule has 122 valence electrons. The number of amides is 2. The van der Waals surface area contributed by atoms with E-state index >= 15 is 0 Å². The Bertz CT molecular complexity index is 307. The maximum atomic E-state index is 12.4. The van der Waals surface area contributed by atoms with Gasteiger partial charge in [0.15, 0.2) is 0 Å². The minimum absolute atomic E-state index is 0.152. The van der Waals surface area contributed by atoms with Crippen LogP contribution in [0.4, 0.5) is 4.79 Å². The third kappa shape index (κ3) is 5.50. The van der Waals surface area contributed by atoms with Crippen molar-refractivity contribution in [1.29, 1.82) is 0 Å². The molecule has 4 nitrogen and oxygen atoms in total. The van der Waals surface area contributed by atoms with E-state index in [0.717, 1.165) is 50.7 Å². The fourth-order valence-electron chi connectivity index (χ4n) is 3.77. The summed E-state index contributed by atoms with van der Waals surface area (Å²) in [7, 11) is 1.98. The van der Waals surface area contributed by atoms with E-state index in [1.54, 1.807) is 0 Å². The summed E-state index contributed by atoms with van der Waals surface area (Å²) in [5.41, 5.74) is 0. The molecule has 1 saturated heterocycles. The summed E-state index contributed by atoms with van der Waals surface area (Å²) in [6, 6.07) is 0.432. The number of piperidine rings is 1. The van der Waals surface area contributed by atoms with E-state index < -0.39 is 0 Å². The van der Waals surface area contributed by atoms with Crippen LogP contribution in [-0.4, -0.2) is 43.7 Å². The molecule has 0 radical (unpaired) electrons. The van der Waals surface area contributed by atoms with Gasteiger partial charge in [-0.05, 0) is 44.6 Å². The Morgan fingerprint density at radius 2 is 1.81 bits per heavy atom. The van der Waals surface area contributed by atoms with Gasteiger partial charge in [-0.15, -0.1) is 0 Å². The highest BCUT2D eigenvalue weighted by molar-refractivity contribution is 5.74. The van der Waals surface area contributed by atoms with Crippen LogP contribution in [0.3, 0.4) is 0 Å². The standard InChI is InChI=1S/C17H33N3O/c1-14-6-8-15(9-7-14)12-16(13-18-2)19-17(21)20-10-4-3-5-11-20/h14-16,18H,3-13H2,1-2H3,(H,19,21)/t14?,15?,16-/m0/s1. The van der Waals surface area contributed by atoms with Gasteiger partial charge in [-0.25, -0.2) is 4.79 Å². The first-order valence-corrected chi connectivity index (χ1v) is 8.89. The van der Waals surface area contributed by atoms with Crippen molar-refractivity contribution in [3.63, 3.8) is 0 Å². The molecule has 0 unspecified atom stereocenters. The number of likely N-dealkylation sites (tertiary alicyclic amines) is 1. The number of carbonyl (C=O) groups is 1. The SMILES string of the molecule is CNC[C@H](CC1CCC(C)CC1)NC(=O)N1CCCCC1. The van der Waals surface area contributed by atoms with E-state index in [1.165, 1.54) is 32.1 Å². The molecule has 1 heterocycles. The molecule has 1 saturated carbocycles. The normalized spacial score (nSPS) is 28.2. The highest BCUT2D eigenvalue weighted by Crippen LogP contribution is 2.31. The fourth-order valence-corrected chi connectivity index (χ4v) is 3.77. The molecule has 0 spiro atoms. The maximum absolute atomic E-state index is 12.4. The van der Waals surface area contributed by atoms with Gasteiger partial charge in [0, 0.05) is 25.7 Å². The van der Waals surface area contributed by atoms with Crippen LogP contribution in [0.1, 0.15) is 58.3 Å². The molecule has 0 aromatic carbocycles. The number of hydrogen-bond acceptors (Lipinski definition) is 2. The second-order valence-corrected chi connectivity index (χ2v) is 7.11. The monoisotopic (exact) mass is 295 g/mol. The fraction of sp³-hybridized carbons (Fsp3) is 0.941. The van der Waals surface area contributed by atoms with Crippen molar-refractivity contribution in [1.82, 2.24) is 15.5 Å². The van der Waals surface area contributed by atoms with Crippen molar-refractivity contribution < 1.29 is 4.79 Å². The molecule has 1 atom stereocenters. The van der Waals surface area contributed by atoms with Crippen molar-refractivity contribution in [3.05, 3.63) is 0 Å². The Labute approximate surface area is 130 Å². The Hall–Kier alpha value is -0.770. The van der Waals surface area contributed by atoms with Crippen molar-refractivity contribution >= 4 is 6.03 Å². The number of hydrogen-bond donors (Lipinski definition) is 2. The Kier molecular flexibility index (Phi) is 6.81. The minimum Gasteiger partial charge on any atom is -0.334 e. The molecule has 1 aliphatic carbocycles. The predicted octanol–water partition coefficient (Wildman–Crippen LogP) is 2.99. The zero-order valence-electron chi connectivity index (χ0n) is 13.9. The van der Waals surface area contributed by atoms with Crippen LogP contribution in [-0.2, 0) is 0 Å². The molecule has 2 amide bonds. The lowest BCUT2D eigenvalue weighted by Crippen LogP contribution is -2.50. The summed E-state index contributed by atoms with van der Waals surface area (Å²) >= 11 is 0. The van der Waals surface area contributed by atoms with E-state index in [9.17, 15) is 4.79 Å². The first-order valence-electron chi connectivity index (χ1n) is 8.89. The second kappa shape index (κ2) is 8.62. The lowest BCUT2D eigenvalue weighted by atomic mass is 9.80. The van der Waals surface area contributed by atoms with Gasteiger partial charge in [0.25, 0.3) is 0 Å². The lowest BCUT2D eigenvalue weighted by molar-refractivity contribution is 0.177. The van der Waals surface area contributed by atoms with E-state index in [4.69, 9.17) is 0 Å².